The molecule has 0 unspecified atom stereocenters. The lowest BCUT2D eigenvalue weighted by molar-refractivity contribution is 0.0307. The summed E-state index contributed by atoms with van der Waals surface area (Å²) in [6, 6.07) is 0. The van der Waals surface area contributed by atoms with Crippen molar-refractivity contribution in [3.8, 4) is 0 Å². The number of fused-ring (bicyclic) bond motifs is 2. The van der Waals surface area contributed by atoms with Crippen LogP contribution in [0.25, 0.3) is 0 Å². The summed E-state index contributed by atoms with van der Waals surface area (Å²) in [5.74, 6) is 5.57. The van der Waals surface area contributed by atoms with Crippen LogP contribution in [0.3, 0.4) is 0 Å². The van der Waals surface area contributed by atoms with Crippen LogP contribution in [0.2, 0.25) is 0 Å². The summed E-state index contributed by atoms with van der Waals surface area (Å²) in [4.78, 5) is 0. The summed E-state index contributed by atoms with van der Waals surface area (Å²) in [7, 11) is 0. The van der Waals surface area contributed by atoms with Gasteiger partial charge in [0.25, 0.3) is 0 Å². The van der Waals surface area contributed by atoms with Crippen molar-refractivity contribution in [3.63, 3.8) is 0 Å². The van der Waals surface area contributed by atoms with E-state index in [4.69, 9.17) is 0 Å². The normalized spacial score (nSPS) is 85.2. The van der Waals surface area contributed by atoms with Crippen LogP contribution in [0.5, 0.6) is 0 Å². The second kappa shape index (κ2) is 1.40. The van der Waals surface area contributed by atoms with Crippen LogP contribution in [0.15, 0.2) is 0 Å². The molecule has 9 atom stereocenters. The molecule has 12 heavy (non-hydrogen) atoms. The highest BCUT2D eigenvalue weighted by atomic mass is 32.2. The van der Waals surface area contributed by atoms with Crippen molar-refractivity contribution < 1.29 is 5.11 Å². The molecular formula is C10H12OS. The summed E-state index contributed by atoms with van der Waals surface area (Å²) in [6.07, 6.45) is 1.61. The molecular weight excluding hydrogens is 168 g/mol. The third-order valence-electron chi connectivity index (χ3n) is 5.58. The van der Waals surface area contributed by atoms with E-state index in [1.807, 2.05) is 0 Å². The van der Waals surface area contributed by atoms with Gasteiger partial charge in [-0.15, -0.1) is 0 Å². The molecule has 1 N–H and O–H groups in total. The van der Waals surface area contributed by atoms with Gasteiger partial charge in [0, 0.05) is 22.3 Å². The van der Waals surface area contributed by atoms with Gasteiger partial charge in [0.05, 0.1) is 6.10 Å². The Morgan fingerprint density at radius 1 is 0.917 bits per heavy atom. The quantitative estimate of drug-likeness (QED) is 0.599. The number of rotatable bonds is 0. The maximum absolute atomic E-state index is 10.1. The third-order valence-corrected chi connectivity index (χ3v) is 7.50. The Morgan fingerprint density at radius 2 is 1.83 bits per heavy atom. The Hall–Kier alpha value is 0.310. The fraction of sp³-hybridized carbons (Fsp3) is 1.00. The molecule has 5 rings (SSSR count). The summed E-state index contributed by atoms with van der Waals surface area (Å²) < 4.78 is 0. The van der Waals surface area contributed by atoms with Crippen LogP contribution in [-0.4, -0.2) is 21.7 Å². The van der Waals surface area contributed by atoms with Crippen molar-refractivity contribution in [2.24, 2.45) is 35.5 Å². The van der Waals surface area contributed by atoms with Crippen LogP contribution >= 0.6 is 11.8 Å². The van der Waals surface area contributed by atoms with E-state index >= 15 is 0 Å². The third kappa shape index (κ3) is 0.327. The molecule has 0 radical (unpaired) electrons. The number of hydrogen-bond acceptors (Lipinski definition) is 2. The van der Waals surface area contributed by atoms with Gasteiger partial charge in [-0.25, -0.2) is 0 Å². The molecule has 1 saturated heterocycles. The van der Waals surface area contributed by atoms with Crippen molar-refractivity contribution in [3.05, 3.63) is 0 Å². The van der Waals surface area contributed by atoms with Gasteiger partial charge in [0.1, 0.15) is 0 Å². The molecule has 0 amide bonds. The van der Waals surface area contributed by atoms with Crippen molar-refractivity contribution in [2.45, 2.75) is 23.0 Å². The predicted octanol–water partition coefficient (Wildman–Crippen LogP) is 0.973. The van der Waals surface area contributed by atoms with Gasteiger partial charge in [-0.1, -0.05) is 0 Å². The van der Waals surface area contributed by atoms with Gasteiger partial charge >= 0.3 is 0 Å². The van der Waals surface area contributed by atoms with Crippen LogP contribution in [0, 0.1) is 35.5 Å². The second-order valence-electron chi connectivity index (χ2n) is 5.43. The molecule has 5 aliphatic rings. The molecule has 0 aromatic carbocycles. The molecule has 0 aromatic heterocycles. The zero-order valence-electron chi connectivity index (χ0n) is 6.76. The van der Waals surface area contributed by atoms with Crippen LogP contribution in [-0.2, 0) is 0 Å². The Kier molecular flexibility index (Phi) is 0.690. The lowest BCUT2D eigenvalue weighted by atomic mass is 9.64. The van der Waals surface area contributed by atoms with Gasteiger partial charge in [0.15, 0.2) is 0 Å². The largest absolute Gasteiger partial charge is 0.392 e. The van der Waals surface area contributed by atoms with E-state index in [1.54, 1.807) is 0 Å². The first kappa shape index (κ1) is 5.92. The van der Waals surface area contributed by atoms with Gasteiger partial charge in [-0.3, -0.25) is 0 Å². The van der Waals surface area contributed by atoms with Gasteiger partial charge in [-0.2, -0.15) is 11.8 Å². The zero-order chi connectivity index (χ0) is 7.61. The average Bonchev–Trinajstić information content (AvgIpc) is 2.47. The highest BCUT2D eigenvalue weighted by molar-refractivity contribution is 8.01. The van der Waals surface area contributed by atoms with E-state index in [1.165, 1.54) is 6.42 Å². The standard InChI is InChI=1S/C10H12OS/c11-8-6-2-1-3-5-4(2)7(8)10(5)12-9(3)6/h2-11H,1H2/t2-,3-,4-,5+,6+,7-,8+,9-,10-/m1/s1. The maximum Gasteiger partial charge on any atom is 0.0623 e. The van der Waals surface area contributed by atoms with E-state index in [0.717, 1.165) is 46.0 Å². The molecule has 2 bridgehead atoms. The number of aliphatic hydroxyl groups is 1. The Balaban J connectivity index is 1.86. The lowest BCUT2D eigenvalue weighted by Crippen LogP contribution is -2.48. The van der Waals surface area contributed by atoms with Gasteiger partial charge in [0.2, 0.25) is 0 Å². The Morgan fingerprint density at radius 3 is 2.75 bits per heavy atom. The predicted molar refractivity (Wildman–Crippen MR) is 46.7 cm³/mol. The van der Waals surface area contributed by atoms with Crippen molar-refractivity contribution in [1.29, 1.82) is 0 Å². The Labute approximate surface area is 75.9 Å². The maximum atomic E-state index is 10.1. The fourth-order valence-electron chi connectivity index (χ4n) is 5.51. The van der Waals surface area contributed by atoms with Crippen LogP contribution in [0.1, 0.15) is 6.42 Å². The molecule has 0 spiro atoms. The van der Waals surface area contributed by atoms with E-state index in [-0.39, 0.29) is 6.10 Å². The summed E-state index contributed by atoms with van der Waals surface area (Å²) >= 11 is 2.25. The van der Waals surface area contributed by atoms with Crippen molar-refractivity contribution in [1.82, 2.24) is 0 Å². The second-order valence-corrected chi connectivity index (χ2v) is 6.79. The molecule has 0 aromatic rings. The fourth-order valence-corrected chi connectivity index (χ4v) is 8.00. The minimum absolute atomic E-state index is 0.125. The summed E-state index contributed by atoms with van der Waals surface area (Å²) in [5.41, 5.74) is 0. The first-order valence-electron chi connectivity index (χ1n) is 5.21. The first-order valence-corrected chi connectivity index (χ1v) is 6.16. The molecule has 4 saturated carbocycles. The van der Waals surface area contributed by atoms with Crippen LogP contribution in [0.4, 0.5) is 0 Å². The van der Waals surface area contributed by atoms with Gasteiger partial charge in [-0.05, 0) is 30.1 Å². The Bertz CT molecular complexity index is 282. The zero-order valence-corrected chi connectivity index (χ0v) is 7.58. The lowest BCUT2D eigenvalue weighted by Gasteiger charge is -2.45. The van der Waals surface area contributed by atoms with Gasteiger partial charge < -0.3 is 5.11 Å². The van der Waals surface area contributed by atoms with Crippen LogP contribution < -0.4 is 0 Å². The van der Waals surface area contributed by atoms with Crippen molar-refractivity contribution in [2.75, 3.05) is 0 Å². The number of thioether (sulfide) groups is 1. The average molecular weight is 180 g/mol. The smallest absolute Gasteiger partial charge is 0.0623 e. The summed E-state index contributed by atoms with van der Waals surface area (Å²) in [5, 5.41) is 11.9. The molecule has 4 aliphatic carbocycles. The van der Waals surface area contributed by atoms with E-state index in [9.17, 15) is 5.11 Å². The molecule has 1 aliphatic heterocycles. The van der Waals surface area contributed by atoms with E-state index in [0.29, 0.717) is 0 Å². The molecule has 2 heteroatoms. The minimum Gasteiger partial charge on any atom is -0.392 e. The topological polar surface area (TPSA) is 20.2 Å². The molecule has 64 valence electrons. The first-order chi connectivity index (χ1) is 5.88. The summed E-state index contributed by atoms with van der Waals surface area (Å²) in [6.45, 7) is 0. The molecule has 5 fully saturated rings. The minimum atomic E-state index is 0.125. The highest BCUT2D eigenvalue weighted by Crippen LogP contribution is 2.82. The van der Waals surface area contributed by atoms with E-state index in [2.05, 4.69) is 11.8 Å². The monoisotopic (exact) mass is 180 g/mol. The SMILES string of the molecule is O[C@H]1[C@@H]2[C@@H]3C[C@H]4[C@H]2S[C@H]2[C@@H]1[C@H]3[C@H]42. The highest BCUT2D eigenvalue weighted by Gasteiger charge is 2.81. The van der Waals surface area contributed by atoms with Crippen molar-refractivity contribution >= 4 is 11.8 Å². The molecule has 1 heterocycles. The molecule has 1 nitrogen and oxygen atoms in total. The number of aliphatic hydroxyl groups excluding tert-OH is 1. The van der Waals surface area contributed by atoms with E-state index < -0.39 is 0 Å². The number of hydrogen-bond donors (Lipinski definition) is 1.